The second-order valence-corrected chi connectivity index (χ2v) is 8.14. The molecule has 2 aromatic rings. The Morgan fingerprint density at radius 1 is 1.32 bits per heavy atom. The summed E-state index contributed by atoms with van der Waals surface area (Å²) in [7, 11) is 0. The number of benzene rings is 2. The second kappa shape index (κ2) is 7.61. The predicted octanol–water partition coefficient (Wildman–Crippen LogP) is 5.34. The molecule has 1 N–H and O–H groups in total. The lowest BCUT2D eigenvalue weighted by Crippen LogP contribution is -2.36. The van der Waals surface area contributed by atoms with Crippen LogP contribution in [0.3, 0.4) is 0 Å². The number of phenolic OH excluding ortho intramolecular Hbond substituents is 1. The van der Waals surface area contributed by atoms with Crippen molar-refractivity contribution < 1.29 is 14.6 Å². The summed E-state index contributed by atoms with van der Waals surface area (Å²) in [6.45, 7) is 5.60. The van der Waals surface area contributed by atoms with Crippen LogP contribution in [0, 0.1) is 6.92 Å². The van der Waals surface area contributed by atoms with Gasteiger partial charge >= 0.3 is 0 Å². The molecule has 1 fully saturated rings. The van der Waals surface area contributed by atoms with Crippen molar-refractivity contribution in [1.29, 1.82) is 0 Å². The van der Waals surface area contributed by atoms with Crippen LogP contribution in [0.2, 0.25) is 5.02 Å². The first kappa shape index (κ1) is 19.0. The van der Waals surface area contributed by atoms with Crippen LogP contribution in [0.1, 0.15) is 53.2 Å². The third-order valence-corrected chi connectivity index (χ3v) is 5.90. The van der Waals surface area contributed by atoms with Gasteiger partial charge in [-0.25, -0.2) is 0 Å². The summed E-state index contributed by atoms with van der Waals surface area (Å²) in [5.74, 6) is 0.790. The van der Waals surface area contributed by atoms with Crippen molar-refractivity contribution in [3.8, 4) is 11.5 Å². The van der Waals surface area contributed by atoms with Crippen LogP contribution in [-0.4, -0.2) is 28.4 Å². The van der Waals surface area contributed by atoms with Crippen molar-refractivity contribution in [3.05, 3.63) is 63.4 Å². The van der Waals surface area contributed by atoms with Gasteiger partial charge in [-0.05, 0) is 68.6 Å². The monoisotopic (exact) mass is 397 g/mol. The predicted molar refractivity (Wildman–Crippen MR) is 111 cm³/mol. The van der Waals surface area contributed by atoms with Gasteiger partial charge in [0.1, 0.15) is 11.5 Å². The third-order valence-electron chi connectivity index (χ3n) is 5.67. The Bertz CT molecular complexity index is 967. The number of fused-ring (bicyclic) bond motifs is 1. The van der Waals surface area contributed by atoms with Gasteiger partial charge in [0.05, 0.1) is 11.1 Å². The molecule has 0 aliphatic carbocycles. The minimum atomic E-state index is -0.152. The Morgan fingerprint density at radius 3 is 2.89 bits per heavy atom. The van der Waals surface area contributed by atoms with Crippen LogP contribution >= 0.6 is 11.6 Å². The van der Waals surface area contributed by atoms with Crippen LogP contribution in [0.5, 0.6) is 11.5 Å². The van der Waals surface area contributed by atoms with Gasteiger partial charge in [0.2, 0.25) is 5.78 Å². The highest BCUT2D eigenvalue weighted by atomic mass is 35.5. The number of nitrogens with zero attached hydrogens (tertiary/aromatic N) is 1. The van der Waals surface area contributed by atoms with Crippen molar-refractivity contribution >= 4 is 23.5 Å². The van der Waals surface area contributed by atoms with E-state index in [1.54, 1.807) is 24.3 Å². The number of likely N-dealkylation sites (tertiary alicyclic amines) is 1. The smallest absolute Gasteiger partial charge is 0.232 e. The van der Waals surface area contributed by atoms with E-state index in [1.165, 1.54) is 6.42 Å². The van der Waals surface area contributed by atoms with Crippen LogP contribution in [0.4, 0.5) is 0 Å². The number of hydrogen-bond donors (Lipinski definition) is 1. The van der Waals surface area contributed by atoms with E-state index >= 15 is 0 Å². The maximum atomic E-state index is 13.0. The number of phenols is 1. The molecule has 0 aromatic heterocycles. The summed E-state index contributed by atoms with van der Waals surface area (Å²) in [5, 5.41) is 11.2. The SMILES string of the molecule is Cc1cc(O)c(CN2CCCCC2C)c2c1C(=O)/C(=C/c1cccc(Cl)c1)O2. The molecule has 0 amide bonds. The molecular weight excluding hydrogens is 374 g/mol. The zero-order chi connectivity index (χ0) is 19.8. The number of rotatable bonds is 3. The highest BCUT2D eigenvalue weighted by molar-refractivity contribution is 6.30. The fourth-order valence-electron chi connectivity index (χ4n) is 4.08. The Labute approximate surface area is 170 Å². The average molecular weight is 398 g/mol. The number of piperidine rings is 1. The van der Waals surface area contributed by atoms with Gasteiger partial charge in [-0.15, -0.1) is 0 Å². The highest BCUT2D eigenvalue weighted by Crippen LogP contribution is 2.42. The molecule has 2 aliphatic heterocycles. The molecule has 28 heavy (non-hydrogen) atoms. The molecule has 1 unspecified atom stereocenters. The number of ketones is 1. The van der Waals surface area contributed by atoms with Crippen molar-refractivity contribution in [2.45, 2.75) is 45.7 Å². The van der Waals surface area contributed by atoms with E-state index in [4.69, 9.17) is 16.3 Å². The van der Waals surface area contributed by atoms with Gasteiger partial charge in [-0.2, -0.15) is 0 Å². The molecular formula is C23H24ClNO3. The minimum absolute atomic E-state index is 0.152. The van der Waals surface area contributed by atoms with Crippen molar-refractivity contribution in [3.63, 3.8) is 0 Å². The quantitative estimate of drug-likeness (QED) is 0.710. The topological polar surface area (TPSA) is 49.8 Å². The van der Waals surface area contributed by atoms with E-state index in [0.29, 0.717) is 34.5 Å². The molecule has 2 heterocycles. The number of carbonyl (C=O) groups is 1. The summed E-state index contributed by atoms with van der Waals surface area (Å²) in [4.78, 5) is 15.4. The standard InChI is InChI=1S/C23H24ClNO3/c1-14-10-19(26)18(13-25-9-4-3-6-15(25)2)23-21(14)22(27)20(28-23)12-16-7-5-8-17(24)11-16/h5,7-8,10-12,15,26H,3-4,6,9,13H2,1-2H3/b20-12-. The summed E-state index contributed by atoms with van der Waals surface area (Å²) in [6, 6.07) is 9.40. The van der Waals surface area contributed by atoms with E-state index in [9.17, 15) is 9.90 Å². The summed E-state index contributed by atoms with van der Waals surface area (Å²) in [5.41, 5.74) is 2.77. The molecule has 4 nitrogen and oxygen atoms in total. The minimum Gasteiger partial charge on any atom is -0.507 e. The lowest BCUT2D eigenvalue weighted by atomic mass is 9.97. The first-order valence-corrected chi connectivity index (χ1v) is 10.1. The molecule has 0 spiro atoms. The molecule has 0 bridgehead atoms. The number of aryl methyl sites for hydroxylation is 1. The largest absolute Gasteiger partial charge is 0.507 e. The lowest BCUT2D eigenvalue weighted by molar-refractivity contribution is 0.101. The molecule has 1 saturated heterocycles. The third kappa shape index (κ3) is 3.54. The van der Waals surface area contributed by atoms with E-state index in [0.717, 1.165) is 30.5 Å². The first-order chi connectivity index (χ1) is 13.4. The molecule has 2 aliphatic rings. The number of ether oxygens (including phenoxy) is 1. The number of Topliss-reactive ketones (excluding diaryl/α,β-unsaturated/α-hetero) is 1. The zero-order valence-electron chi connectivity index (χ0n) is 16.2. The number of allylic oxidation sites excluding steroid dienone is 1. The molecule has 1 atom stereocenters. The highest BCUT2D eigenvalue weighted by Gasteiger charge is 2.34. The number of aromatic hydroxyl groups is 1. The van der Waals surface area contributed by atoms with E-state index in [2.05, 4.69) is 11.8 Å². The fraction of sp³-hybridized carbons (Fsp3) is 0.348. The van der Waals surface area contributed by atoms with Crippen LogP contribution in [0.25, 0.3) is 6.08 Å². The Balaban J connectivity index is 1.71. The zero-order valence-corrected chi connectivity index (χ0v) is 16.9. The van der Waals surface area contributed by atoms with Gasteiger partial charge in [0.25, 0.3) is 0 Å². The van der Waals surface area contributed by atoms with E-state index in [-0.39, 0.29) is 17.3 Å². The second-order valence-electron chi connectivity index (χ2n) is 7.71. The van der Waals surface area contributed by atoms with Gasteiger partial charge in [0.15, 0.2) is 5.76 Å². The summed E-state index contributed by atoms with van der Waals surface area (Å²) >= 11 is 6.06. The molecule has 0 radical (unpaired) electrons. The maximum Gasteiger partial charge on any atom is 0.232 e. The van der Waals surface area contributed by atoms with Gasteiger partial charge in [-0.1, -0.05) is 30.2 Å². The van der Waals surface area contributed by atoms with E-state index < -0.39 is 0 Å². The average Bonchev–Trinajstić information content (AvgIpc) is 2.97. The van der Waals surface area contributed by atoms with Crippen LogP contribution < -0.4 is 4.74 Å². The molecule has 5 heteroatoms. The molecule has 2 aromatic carbocycles. The van der Waals surface area contributed by atoms with Crippen LogP contribution in [0.15, 0.2) is 36.1 Å². The summed E-state index contributed by atoms with van der Waals surface area (Å²) in [6.07, 6.45) is 5.24. The molecule has 146 valence electrons. The van der Waals surface area contributed by atoms with Crippen molar-refractivity contribution in [2.24, 2.45) is 0 Å². The molecule has 0 saturated carbocycles. The van der Waals surface area contributed by atoms with E-state index in [1.807, 2.05) is 19.1 Å². The first-order valence-electron chi connectivity index (χ1n) is 9.73. The maximum absolute atomic E-state index is 13.0. The number of carbonyl (C=O) groups excluding carboxylic acids is 1. The Morgan fingerprint density at radius 2 is 2.14 bits per heavy atom. The Kier molecular flexibility index (Phi) is 5.17. The van der Waals surface area contributed by atoms with Gasteiger partial charge in [0, 0.05) is 17.6 Å². The van der Waals surface area contributed by atoms with Gasteiger partial charge in [-0.3, -0.25) is 9.69 Å². The van der Waals surface area contributed by atoms with Gasteiger partial charge < -0.3 is 9.84 Å². The summed E-state index contributed by atoms with van der Waals surface area (Å²) < 4.78 is 6.01. The number of hydrogen-bond acceptors (Lipinski definition) is 4. The number of halogens is 1. The van der Waals surface area contributed by atoms with Crippen LogP contribution in [-0.2, 0) is 6.54 Å². The lowest BCUT2D eigenvalue weighted by Gasteiger charge is -2.33. The Hall–Kier alpha value is -2.30. The van der Waals surface area contributed by atoms with Crippen molar-refractivity contribution in [2.75, 3.05) is 6.54 Å². The van der Waals surface area contributed by atoms with Crippen molar-refractivity contribution in [1.82, 2.24) is 4.90 Å². The fourth-order valence-corrected chi connectivity index (χ4v) is 4.27. The normalized spacial score (nSPS) is 21.0. The molecule has 4 rings (SSSR count).